The van der Waals surface area contributed by atoms with Gasteiger partial charge in [0, 0.05) is 19.2 Å². The zero-order chi connectivity index (χ0) is 15.2. The Labute approximate surface area is 132 Å². The Morgan fingerprint density at radius 1 is 1.19 bits per heavy atom. The van der Waals surface area contributed by atoms with Gasteiger partial charge in [-0.1, -0.05) is 20.8 Å². The fourth-order valence-electron chi connectivity index (χ4n) is 3.67. The lowest BCUT2D eigenvalue weighted by Crippen LogP contribution is -2.46. The van der Waals surface area contributed by atoms with Gasteiger partial charge in [-0.2, -0.15) is 0 Å². The maximum absolute atomic E-state index is 6.06. The van der Waals surface area contributed by atoms with Crippen LogP contribution in [0.1, 0.15) is 52.9 Å². The van der Waals surface area contributed by atoms with Crippen molar-refractivity contribution in [3.8, 4) is 0 Å². The van der Waals surface area contributed by atoms with Crippen LogP contribution in [0.15, 0.2) is 0 Å². The molecule has 0 aromatic heterocycles. The fraction of sp³-hybridized carbons (Fsp3) is 1.00. The van der Waals surface area contributed by atoms with E-state index in [-0.39, 0.29) is 0 Å². The number of hydrogen-bond acceptors (Lipinski definition) is 3. The third-order valence-electron chi connectivity index (χ3n) is 5.40. The molecule has 1 aliphatic carbocycles. The zero-order valence-electron chi connectivity index (χ0n) is 14.7. The third-order valence-corrected chi connectivity index (χ3v) is 5.40. The molecule has 0 N–H and O–H groups in total. The van der Waals surface area contributed by atoms with E-state index in [1.165, 1.54) is 51.7 Å². The summed E-state index contributed by atoms with van der Waals surface area (Å²) in [5.74, 6) is 1.71. The molecule has 1 aliphatic heterocycles. The molecule has 0 bridgehead atoms. The molecule has 2 aliphatic rings. The molecule has 2 rings (SSSR count). The monoisotopic (exact) mass is 296 g/mol. The van der Waals surface area contributed by atoms with Crippen LogP contribution in [0.2, 0.25) is 0 Å². The van der Waals surface area contributed by atoms with E-state index in [4.69, 9.17) is 4.74 Å². The van der Waals surface area contributed by atoms with Crippen molar-refractivity contribution >= 4 is 0 Å². The number of piperidine rings is 1. The van der Waals surface area contributed by atoms with Crippen LogP contribution in [0.4, 0.5) is 0 Å². The first kappa shape index (κ1) is 17.2. The molecule has 0 aromatic rings. The topological polar surface area (TPSA) is 15.7 Å². The second kappa shape index (κ2) is 8.50. The van der Waals surface area contributed by atoms with Crippen molar-refractivity contribution in [1.29, 1.82) is 0 Å². The third kappa shape index (κ3) is 5.54. The maximum Gasteiger partial charge on any atom is 0.0605 e. The Hall–Kier alpha value is -0.120. The number of ether oxygens (including phenoxy) is 1. The predicted octanol–water partition coefficient (Wildman–Crippen LogP) is 3.24. The lowest BCUT2D eigenvalue weighted by Gasteiger charge is -2.41. The van der Waals surface area contributed by atoms with Crippen molar-refractivity contribution in [1.82, 2.24) is 9.80 Å². The van der Waals surface area contributed by atoms with Crippen molar-refractivity contribution in [3.05, 3.63) is 0 Å². The van der Waals surface area contributed by atoms with Gasteiger partial charge in [0.25, 0.3) is 0 Å². The summed E-state index contributed by atoms with van der Waals surface area (Å²) >= 11 is 0. The zero-order valence-corrected chi connectivity index (χ0v) is 14.7. The van der Waals surface area contributed by atoms with Crippen LogP contribution in [0.5, 0.6) is 0 Å². The van der Waals surface area contributed by atoms with Crippen molar-refractivity contribution in [2.24, 2.45) is 11.8 Å². The van der Waals surface area contributed by atoms with Crippen LogP contribution in [-0.2, 0) is 4.74 Å². The van der Waals surface area contributed by atoms with E-state index in [1.54, 1.807) is 0 Å². The molecule has 124 valence electrons. The molecule has 3 heteroatoms. The number of rotatable bonds is 8. The van der Waals surface area contributed by atoms with Crippen LogP contribution in [0, 0.1) is 11.8 Å². The first-order valence-corrected chi connectivity index (χ1v) is 9.12. The van der Waals surface area contributed by atoms with E-state index in [1.807, 2.05) is 0 Å². The van der Waals surface area contributed by atoms with Crippen LogP contribution >= 0.6 is 0 Å². The first-order chi connectivity index (χ1) is 10.1. The summed E-state index contributed by atoms with van der Waals surface area (Å²) in [4.78, 5) is 5.09. The van der Waals surface area contributed by atoms with Crippen LogP contribution < -0.4 is 0 Å². The fourth-order valence-corrected chi connectivity index (χ4v) is 3.67. The molecular weight excluding hydrogens is 260 g/mol. The Bertz CT molecular complexity index is 281. The molecule has 3 nitrogen and oxygen atoms in total. The highest BCUT2D eigenvalue weighted by molar-refractivity contribution is 4.86. The SMILES string of the molecule is CCN(C)[C@H]1C[C@H](OCCC2CCN(CC(C)C)CC2)C1. The minimum Gasteiger partial charge on any atom is -0.378 e. The average Bonchev–Trinajstić information content (AvgIpc) is 2.41. The first-order valence-electron chi connectivity index (χ1n) is 9.12. The number of nitrogens with zero attached hydrogens (tertiary/aromatic N) is 2. The molecule has 0 spiro atoms. The predicted molar refractivity (Wildman–Crippen MR) is 89.7 cm³/mol. The minimum atomic E-state index is 0.546. The van der Waals surface area contributed by atoms with Crippen molar-refractivity contribution < 1.29 is 4.74 Å². The Morgan fingerprint density at radius 3 is 2.43 bits per heavy atom. The van der Waals surface area contributed by atoms with Gasteiger partial charge in [0.15, 0.2) is 0 Å². The van der Waals surface area contributed by atoms with Crippen molar-refractivity contribution in [2.75, 3.05) is 39.8 Å². The summed E-state index contributed by atoms with van der Waals surface area (Å²) < 4.78 is 6.06. The Morgan fingerprint density at radius 2 is 1.86 bits per heavy atom. The second-order valence-corrected chi connectivity index (χ2v) is 7.62. The second-order valence-electron chi connectivity index (χ2n) is 7.62. The highest BCUT2D eigenvalue weighted by Crippen LogP contribution is 2.28. The summed E-state index contributed by atoms with van der Waals surface area (Å²) in [6, 6.07) is 0.777. The van der Waals surface area contributed by atoms with E-state index < -0.39 is 0 Å². The van der Waals surface area contributed by atoms with Crippen LogP contribution in [-0.4, -0.2) is 61.8 Å². The molecular formula is C18H36N2O. The number of likely N-dealkylation sites (tertiary alicyclic amines) is 1. The lowest BCUT2D eigenvalue weighted by molar-refractivity contribution is -0.0494. The molecule has 0 atom stereocenters. The highest BCUT2D eigenvalue weighted by atomic mass is 16.5. The van der Waals surface area contributed by atoms with Crippen LogP contribution in [0.25, 0.3) is 0 Å². The summed E-state index contributed by atoms with van der Waals surface area (Å²) in [5.41, 5.74) is 0. The van der Waals surface area contributed by atoms with E-state index in [2.05, 4.69) is 37.6 Å². The molecule has 0 radical (unpaired) electrons. The standard InChI is InChI=1S/C18H36N2O/c1-5-19(4)17-12-18(13-17)21-11-8-16-6-9-20(10-7-16)14-15(2)3/h15-18H,5-14H2,1-4H3/t17-,18-. The largest absolute Gasteiger partial charge is 0.378 e. The van der Waals surface area contributed by atoms with Crippen LogP contribution in [0.3, 0.4) is 0 Å². The quantitative estimate of drug-likeness (QED) is 0.684. The number of hydrogen-bond donors (Lipinski definition) is 0. The molecule has 0 amide bonds. The van der Waals surface area contributed by atoms with Gasteiger partial charge in [-0.25, -0.2) is 0 Å². The Kier molecular flexibility index (Phi) is 6.97. The Balaban J connectivity index is 1.49. The van der Waals surface area contributed by atoms with Crippen molar-refractivity contribution in [2.45, 2.75) is 65.0 Å². The smallest absolute Gasteiger partial charge is 0.0605 e. The van der Waals surface area contributed by atoms with Gasteiger partial charge in [-0.3, -0.25) is 0 Å². The minimum absolute atomic E-state index is 0.546. The summed E-state index contributed by atoms with van der Waals surface area (Å²) in [6.07, 6.45) is 7.07. The average molecular weight is 296 g/mol. The van der Waals surface area contributed by atoms with Gasteiger partial charge in [0.05, 0.1) is 6.10 Å². The van der Waals surface area contributed by atoms with Gasteiger partial charge in [-0.15, -0.1) is 0 Å². The van der Waals surface area contributed by atoms with Gasteiger partial charge in [0.2, 0.25) is 0 Å². The van der Waals surface area contributed by atoms with Gasteiger partial charge < -0.3 is 14.5 Å². The van der Waals surface area contributed by atoms with E-state index >= 15 is 0 Å². The molecule has 0 unspecified atom stereocenters. The van der Waals surface area contributed by atoms with Gasteiger partial charge >= 0.3 is 0 Å². The molecule has 1 saturated heterocycles. The molecule has 2 fully saturated rings. The van der Waals surface area contributed by atoms with Crippen molar-refractivity contribution in [3.63, 3.8) is 0 Å². The van der Waals surface area contributed by atoms with E-state index in [0.29, 0.717) is 6.10 Å². The van der Waals surface area contributed by atoms with Gasteiger partial charge in [-0.05, 0) is 70.6 Å². The highest BCUT2D eigenvalue weighted by Gasteiger charge is 2.32. The van der Waals surface area contributed by atoms with E-state index in [0.717, 1.165) is 31.0 Å². The van der Waals surface area contributed by atoms with E-state index in [9.17, 15) is 0 Å². The molecule has 0 aromatic carbocycles. The molecule has 21 heavy (non-hydrogen) atoms. The lowest BCUT2D eigenvalue weighted by atomic mass is 9.88. The normalized spacial score (nSPS) is 28.3. The summed E-state index contributed by atoms with van der Waals surface area (Å²) in [5, 5.41) is 0. The summed E-state index contributed by atoms with van der Waals surface area (Å²) in [7, 11) is 2.23. The molecule has 1 heterocycles. The maximum atomic E-state index is 6.06. The molecule has 1 saturated carbocycles. The summed E-state index contributed by atoms with van der Waals surface area (Å²) in [6.45, 7) is 12.9. The van der Waals surface area contributed by atoms with Gasteiger partial charge in [0.1, 0.15) is 0 Å².